The summed E-state index contributed by atoms with van der Waals surface area (Å²) in [6.07, 6.45) is 0.161. The van der Waals surface area contributed by atoms with Gasteiger partial charge in [0.2, 0.25) is 5.95 Å². The quantitative estimate of drug-likeness (QED) is 0.399. The number of benzene rings is 3. The van der Waals surface area contributed by atoms with Crippen LogP contribution >= 0.6 is 0 Å². The lowest BCUT2D eigenvalue weighted by Gasteiger charge is -2.22. The van der Waals surface area contributed by atoms with E-state index in [4.69, 9.17) is 9.97 Å². The summed E-state index contributed by atoms with van der Waals surface area (Å²) in [6.45, 7) is 0. The van der Waals surface area contributed by atoms with Crippen molar-refractivity contribution in [2.24, 2.45) is 0 Å². The standard InChI is InChI=1S/C26H24N4O2/c31-21-13-15-7-1-3-9-17(15)23(21)28-25-19-11-5-6-12-20(19)27-26(30-25)29-24-18-10-4-2-8-16(18)14-22(24)32/h1-12,21-24,31-32H,13-14H2,(H2,27,28,29,30)/t21-,22-,23+,24+/m1/s1. The van der Waals surface area contributed by atoms with Crippen LogP contribution in [0.25, 0.3) is 10.9 Å². The Morgan fingerprint density at radius 1 is 0.656 bits per heavy atom. The van der Waals surface area contributed by atoms with Gasteiger partial charge in [-0.25, -0.2) is 4.98 Å². The highest BCUT2D eigenvalue weighted by molar-refractivity contribution is 5.90. The van der Waals surface area contributed by atoms with E-state index in [1.807, 2.05) is 60.7 Å². The average molecular weight is 425 g/mol. The Hall–Kier alpha value is -3.48. The average Bonchev–Trinajstić information content (AvgIpc) is 3.30. The largest absolute Gasteiger partial charge is 0.390 e. The number of hydrogen-bond acceptors (Lipinski definition) is 6. The molecule has 0 unspecified atom stereocenters. The van der Waals surface area contributed by atoms with Gasteiger partial charge in [-0.3, -0.25) is 0 Å². The Kier molecular flexibility index (Phi) is 4.56. The summed E-state index contributed by atoms with van der Waals surface area (Å²) >= 11 is 0. The lowest BCUT2D eigenvalue weighted by Crippen LogP contribution is -2.24. The third-order valence-electron chi connectivity index (χ3n) is 6.59. The van der Waals surface area contributed by atoms with Gasteiger partial charge in [0.1, 0.15) is 5.82 Å². The second kappa shape index (κ2) is 7.58. The molecule has 6 nitrogen and oxygen atoms in total. The van der Waals surface area contributed by atoms with Crippen LogP contribution in [0.3, 0.4) is 0 Å². The summed E-state index contributed by atoms with van der Waals surface area (Å²) in [5.74, 6) is 1.12. The minimum absolute atomic E-state index is 0.241. The van der Waals surface area contributed by atoms with Crippen LogP contribution in [0.5, 0.6) is 0 Å². The number of nitrogens with zero attached hydrogens (tertiary/aromatic N) is 2. The maximum atomic E-state index is 10.7. The monoisotopic (exact) mass is 424 g/mol. The predicted molar refractivity (Wildman–Crippen MR) is 125 cm³/mol. The Labute approximate surface area is 186 Å². The minimum Gasteiger partial charge on any atom is -0.390 e. The fourth-order valence-corrected chi connectivity index (χ4v) is 5.03. The van der Waals surface area contributed by atoms with Crippen LogP contribution in [0.2, 0.25) is 0 Å². The van der Waals surface area contributed by atoms with Gasteiger partial charge in [-0.1, -0.05) is 60.7 Å². The number of anilines is 2. The molecule has 0 radical (unpaired) electrons. The van der Waals surface area contributed by atoms with Gasteiger partial charge in [0.15, 0.2) is 0 Å². The Morgan fingerprint density at radius 2 is 1.22 bits per heavy atom. The second-order valence-corrected chi connectivity index (χ2v) is 8.60. The first-order chi connectivity index (χ1) is 15.7. The van der Waals surface area contributed by atoms with Crippen LogP contribution in [0, 0.1) is 0 Å². The third-order valence-corrected chi connectivity index (χ3v) is 6.59. The van der Waals surface area contributed by atoms with E-state index in [9.17, 15) is 10.2 Å². The van der Waals surface area contributed by atoms with E-state index in [2.05, 4.69) is 22.8 Å². The second-order valence-electron chi connectivity index (χ2n) is 8.60. The van der Waals surface area contributed by atoms with Gasteiger partial charge in [-0.05, 0) is 34.4 Å². The fourth-order valence-electron chi connectivity index (χ4n) is 5.03. The molecule has 32 heavy (non-hydrogen) atoms. The summed E-state index contributed by atoms with van der Waals surface area (Å²) in [7, 11) is 0. The first-order valence-corrected chi connectivity index (χ1v) is 11.0. The van der Waals surface area contributed by atoms with Gasteiger partial charge >= 0.3 is 0 Å². The highest BCUT2D eigenvalue weighted by atomic mass is 16.3. The van der Waals surface area contributed by atoms with E-state index >= 15 is 0 Å². The Balaban J connectivity index is 1.38. The minimum atomic E-state index is -0.539. The molecule has 2 aliphatic carbocycles. The van der Waals surface area contributed by atoms with Gasteiger partial charge in [-0.2, -0.15) is 4.98 Å². The molecule has 3 aromatic carbocycles. The zero-order valence-corrected chi connectivity index (χ0v) is 17.4. The summed E-state index contributed by atoms with van der Waals surface area (Å²) < 4.78 is 0. The fraction of sp³-hybridized carbons (Fsp3) is 0.231. The van der Waals surface area contributed by atoms with Crippen molar-refractivity contribution in [1.29, 1.82) is 0 Å². The zero-order chi connectivity index (χ0) is 21.7. The van der Waals surface area contributed by atoms with Crippen LogP contribution in [0.4, 0.5) is 11.8 Å². The molecule has 0 aliphatic heterocycles. The van der Waals surface area contributed by atoms with E-state index in [0.29, 0.717) is 24.6 Å². The van der Waals surface area contributed by atoms with E-state index in [1.165, 1.54) is 0 Å². The van der Waals surface area contributed by atoms with E-state index < -0.39 is 12.2 Å². The van der Waals surface area contributed by atoms with Gasteiger partial charge < -0.3 is 20.8 Å². The molecule has 0 amide bonds. The lowest BCUT2D eigenvalue weighted by molar-refractivity contribution is 0.165. The summed E-state index contributed by atoms with van der Waals surface area (Å²) in [5, 5.41) is 29.1. The highest BCUT2D eigenvalue weighted by Crippen LogP contribution is 2.37. The maximum absolute atomic E-state index is 10.7. The number of hydrogen-bond donors (Lipinski definition) is 4. The number of aliphatic hydroxyl groups excluding tert-OH is 2. The van der Waals surface area contributed by atoms with Crippen molar-refractivity contribution in [1.82, 2.24) is 9.97 Å². The van der Waals surface area contributed by atoms with E-state index in [-0.39, 0.29) is 12.1 Å². The Morgan fingerprint density at radius 3 is 1.91 bits per heavy atom. The van der Waals surface area contributed by atoms with Crippen molar-refractivity contribution in [2.45, 2.75) is 37.1 Å². The summed E-state index contributed by atoms with van der Waals surface area (Å²) in [5.41, 5.74) is 5.26. The van der Waals surface area contributed by atoms with Crippen molar-refractivity contribution in [3.05, 3.63) is 95.1 Å². The molecule has 0 saturated carbocycles. The van der Waals surface area contributed by atoms with Crippen molar-refractivity contribution >= 4 is 22.7 Å². The molecule has 160 valence electrons. The predicted octanol–water partition coefficient (Wildman–Crippen LogP) is 3.77. The molecule has 4 aromatic rings. The van der Waals surface area contributed by atoms with E-state index in [1.54, 1.807) is 0 Å². The maximum Gasteiger partial charge on any atom is 0.225 e. The SMILES string of the molecule is O[C@@H]1Cc2ccccc2[C@@H]1Nc1nc(N[C@H]2c3ccccc3C[C@H]2O)c2ccccc2n1. The van der Waals surface area contributed by atoms with Crippen LogP contribution in [-0.4, -0.2) is 32.4 Å². The van der Waals surface area contributed by atoms with Crippen LogP contribution in [0.15, 0.2) is 72.8 Å². The number of nitrogens with one attached hydrogen (secondary N) is 2. The molecular weight excluding hydrogens is 400 g/mol. The number of aliphatic hydroxyl groups is 2. The summed E-state index contributed by atoms with van der Waals surface area (Å²) in [4.78, 5) is 9.50. The molecule has 6 rings (SSSR count). The smallest absolute Gasteiger partial charge is 0.225 e. The van der Waals surface area contributed by atoms with Crippen LogP contribution < -0.4 is 10.6 Å². The highest BCUT2D eigenvalue weighted by Gasteiger charge is 2.33. The first kappa shape index (κ1) is 19.2. The molecular formula is C26H24N4O2. The van der Waals surface area contributed by atoms with Gasteiger partial charge in [-0.15, -0.1) is 0 Å². The van der Waals surface area contributed by atoms with Gasteiger partial charge in [0.05, 0.1) is 29.8 Å². The van der Waals surface area contributed by atoms with Crippen molar-refractivity contribution in [2.75, 3.05) is 10.6 Å². The molecule has 4 atom stereocenters. The molecule has 1 aromatic heterocycles. The lowest BCUT2D eigenvalue weighted by atomic mass is 10.1. The van der Waals surface area contributed by atoms with Crippen molar-refractivity contribution in [3.8, 4) is 0 Å². The number of rotatable bonds is 4. The molecule has 1 heterocycles. The number of aromatic nitrogens is 2. The van der Waals surface area contributed by atoms with Gasteiger partial charge in [0, 0.05) is 18.2 Å². The summed E-state index contributed by atoms with van der Waals surface area (Å²) in [6, 6.07) is 23.5. The molecule has 0 fully saturated rings. The van der Waals surface area contributed by atoms with Crippen molar-refractivity contribution in [3.63, 3.8) is 0 Å². The molecule has 0 saturated heterocycles. The molecule has 0 spiro atoms. The normalized spacial score (nSPS) is 23.7. The molecule has 6 heteroatoms. The van der Waals surface area contributed by atoms with Crippen LogP contribution in [-0.2, 0) is 12.8 Å². The zero-order valence-electron chi connectivity index (χ0n) is 17.4. The Bertz CT molecular complexity index is 1310. The molecule has 2 aliphatic rings. The topological polar surface area (TPSA) is 90.3 Å². The van der Waals surface area contributed by atoms with Crippen molar-refractivity contribution < 1.29 is 10.2 Å². The number of fused-ring (bicyclic) bond motifs is 3. The first-order valence-electron chi connectivity index (χ1n) is 11.0. The van der Waals surface area contributed by atoms with Crippen LogP contribution in [0.1, 0.15) is 34.3 Å². The van der Waals surface area contributed by atoms with E-state index in [0.717, 1.165) is 33.2 Å². The third kappa shape index (κ3) is 3.20. The molecule has 0 bridgehead atoms. The van der Waals surface area contributed by atoms with Gasteiger partial charge in [0.25, 0.3) is 0 Å². The molecule has 4 N–H and O–H groups in total. The number of para-hydroxylation sites is 1.